The molecule has 6 nitrogen and oxygen atoms in total. The number of hydrogen-bond donors (Lipinski definition) is 0. The Hall–Kier alpha value is -2.76. The van der Waals surface area contributed by atoms with Crippen molar-refractivity contribution in [1.29, 1.82) is 0 Å². The van der Waals surface area contributed by atoms with Crippen molar-refractivity contribution in [2.24, 2.45) is 0 Å². The molecule has 1 aliphatic rings. The van der Waals surface area contributed by atoms with Gasteiger partial charge in [0.25, 0.3) is 0 Å². The molecule has 0 N–H and O–H groups in total. The molecule has 26 heavy (non-hydrogen) atoms. The largest absolute Gasteiger partial charge is 0.497 e. The fourth-order valence-corrected chi connectivity index (χ4v) is 3.48. The monoisotopic (exact) mass is 356 g/mol. The van der Waals surface area contributed by atoms with Crippen LogP contribution in [0.2, 0.25) is 0 Å². The van der Waals surface area contributed by atoms with Crippen LogP contribution >= 0.6 is 0 Å². The molecule has 1 aromatic heterocycles. The zero-order valence-electron chi connectivity index (χ0n) is 15.6. The first-order valence-corrected chi connectivity index (χ1v) is 8.61. The summed E-state index contributed by atoms with van der Waals surface area (Å²) in [4.78, 5) is 18.6. The smallest absolute Gasteiger partial charge is 0.343 e. The van der Waals surface area contributed by atoms with Crippen LogP contribution in [0.1, 0.15) is 35.2 Å². The van der Waals surface area contributed by atoms with Gasteiger partial charge in [-0.2, -0.15) is 4.98 Å². The molecule has 0 radical (unpaired) electrons. The van der Waals surface area contributed by atoms with E-state index in [1.165, 1.54) is 19.8 Å². The summed E-state index contributed by atoms with van der Waals surface area (Å²) >= 11 is 0. The van der Waals surface area contributed by atoms with E-state index in [2.05, 4.69) is 28.9 Å². The number of methoxy groups -OCH3 is 3. The van der Waals surface area contributed by atoms with Gasteiger partial charge in [0.15, 0.2) is 0 Å². The lowest BCUT2D eigenvalue weighted by Gasteiger charge is -2.23. The molecule has 2 aromatic rings. The molecule has 0 spiro atoms. The van der Waals surface area contributed by atoms with Crippen molar-refractivity contribution in [2.75, 3.05) is 32.8 Å². The molecular weight excluding hydrogens is 332 g/mol. The van der Waals surface area contributed by atoms with E-state index in [1.54, 1.807) is 13.2 Å². The Balaban J connectivity index is 1.82. The van der Waals surface area contributed by atoms with E-state index in [0.717, 1.165) is 24.5 Å². The molecule has 1 aromatic carbocycles. The van der Waals surface area contributed by atoms with Gasteiger partial charge in [0.05, 0.1) is 21.3 Å². The van der Waals surface area contributed by atoms with E-state index in [0.29, 0.717) is 17.5 Å². The molecule has 2 atom stereocenters. The van der Waals surface area contributed by atoms with Gasteiger partial charge in [-0.05, 0) is 43.2 Å². The number of ether oxygens (including phenoxy) is 3. The van der Waals surface area contributed by atoms with Crippen LogP contribution in [0.25, 0.3) is 0 Å². The SMILES string of the molecule is COC(=O)c1ccc(N2CC(c3ccc(OC)cc3)CC2C)nc1OC. The minimum Gasteiger partial charge on any atom is -0.497 e. The van der Waals surface area contributed by atoms with Crippen molar-refractivity contribution < 1.29 is 19.0 Å². The van der Waals surface area contributed by atoms with Gasteiger partial charge < -0.3 is 19.1 Å². The van der Waals surface area contributed by atoms with E-state index in [9.17, 15) is 4.79 Å². The van der Waals surface area contributed by atoms with Crippen molar-refractivity contribution in [1.82, 2.24) is 4.98 Å². The van der Waals surface area contributed by atoms with Crippen LogP contribution in [0.5, 0.6) is 11.6 Å². The highest BCUT2D eigenvalue weighted by molar-refractivity contribution is 5.92. The molecule has 0 bridgehead atoms. The van der Waals surface area contributed by atoms with Crippen molar-refractivity contribution in [3.8, 4) is 11.6 Å². The van der Waals surface area contributed by atoms with Crippen molar-refractivity contribution >= 4 is 11.8 Å². The van der Waals surface area contributed by atoms with Crippen LogP contribution in [0, 0.1) is 0 Å². The lowest BCUT2D eigenvalue weighted by molar-refractivity contribution is 0.0596. The van der Waals surface area contributed by atoms with Gasteiger partial charge in [-0.25, -0.2) is 4.79 Å². The van der Waals surface area contributed by atoms with Gasteiger partial charge in [-0.3, -0.25) is 0 Å². The van der Waals surface area contributed by atoms with Crippen LogP contribution in [0.3, 0.4) is 0 Å². The minimum absolute atomic E-state index is 0.287. The third-order valence-electron chi connectivity index (χ3n) is 4.90. The summed E-state index contributed by atoms with van der Waals surface area (Å²) in [6.07, 6.45) is 1.04. The summed E-state index contributed by atoms with van der Waals surface area (Å²) in [5.74, 6) is 1.92. The molecule has 1 aliphatic heterocycles. The lowest BCUT2D eigenvalue weighted by Crippen LogP contribution is -2.27. The first kappa shape index (κ1) is 18.0. The summed E-state index contributed by atoms with van der Waals surface area (Å²) in [5, 5.41) is 0. The molecule has 6 heteroatoms. The predicted octanol–water partition coefficient (Wildman–Crippen LogP) is 3.27. The van der Waals surface area contributed by atoms with Crippen LogP contribution in [0.15, 0.2) is 36.4 Å². The second-order valence-corrected chi connectivity index (χ2v) is 6.43. The number of anilines is 1. The second kappa shape index (κ2) is 7.64. The van der Waals surface area contributed by atoms with Crippen LogP contribution in [-0.2, 0) is 4.74 Å². The van der Waals surface area contributed by atoms with Gasteiger partial charge in [0, 0.05) is 18.5 Å². The number of nitrogens with zero attached hydrogens (tertiary/aromatic N) is 2. The number of esters is 1. The molecule has 3 rings (SSSR count). The maximum atomic E-state index is 11.8. The number of pyridine rings is 1. The average Bonchev–Trinajstić information content (AvgIpc) is 3.08. The molecule has 2 heterocycles. The molecule has 1 fully saturated rings. The van der Waals surface area contributed by atoms with Crippen LogP contribution < -0.4 is 14.4 Å². The van der Waals surface area contributed by atoms with Crippen LogP contribution in [0.4, 0.5) is 5.82 Å². The van der Waals surface area contributed by atoms with Crippen LogP contribution in [-0.4, -0.2) is 44.9 Å². The molecule has 138 valence electrons. The molecule has 1 saturated heterocycles. The fraction of sp³-hybridized carbons (Fsp3) is 0.400. The van der Waals surface area contributed by atoms with E-state index in [-0.39, 0.29) is 5.88 Å². The Morgan fingerprint density at radius 3 is 2.42 bits per heavy atom. The van der Waals surface area contributed by atoms with Crippen molar-refractivity contribution in [2.45, 2.75) is 25.3 Å². The summed E-state index contributed by atoms with van der Waals surface area (Å²) in [5.41, 5.74) is 1.62. The zero-order chi connectivity index (χ0) is 18.7. The number of aromatic nitrogens is 1. The highest BCUT2D eigenvalue weighted by Crippen LogP contribution is 2.35. The van der Waals surface area contributed by atoms with E-state index < -0.39 is 5.97 Å². The maximum Gasteiger partial charge on any atom is 0.343 e. The quantitative estimate of drug-likeness (QED) is 0.767. The first-order valence-electron chi connectivity index (χ1n) is 8.61. The van der Waals surface area contributed by atoms with Gasteiger partial charge in [0.1, 0.15) is 17.1 Å². The Morgan fingerprint density at radius 2 is 1.81 bits per heavy atom. The summed E-state index contributed by atoms with van der Waals surface area (Å²) < 4.78 is 15.3. The van der Waals surface area contributed by atoms with E-state index >= 15 is 0 Å². The predicted molar refractivity (Wildman–Crippen MR) is 99.3 cm³/mol. The Morgan fingerprint density at radius 1 is 1.08 bits per heavy atom. The highest BCUT2D eigenvalue weighted by Gasteiger charge is 2.31. The minimum atomic E-state index is -0.452. The van der Waals surface area contributed by atoms with Gasteiger partial charge in [-0.15, -0.1) is 0 Å². The third-order valence-corrected chi connectivity index (χ3v) is 4.90. The number of rotatable bonds is 5. The summed E-state index contributed by atoms with van der Waals surface area (Å²) in [6.45, 7) is 3.05. The third kappa shape index (κ3) is 3.45. The average molecular weight is 356 g/mol. The first-order chi connectivity index (χ1) is 12.6. The molecule has 0 amide bonds. The number of carbonyl (C=O) groups excluding carboxylic acids is 1. The zero-order valence-corrected chi connectivity index (χ0v) is 15.6. The number of hydrogen-bond acceptors (Lipinski definition) is 6. The summed E-state index contributed by atoms with van der Waals surface area (Å²) in [7, 11) is 4.52. The topological polar surface area (TPSA) is 60.9 Å². The van der Waals surface area contributed by atoms with Gasteiger partial charge in [-0.1, -0.05) is 12.1 Å². The maximum absolute atomic E-state index is 11.8. The van der Waals surface area contributed by atoms with E-state index in [1.807, 2.05) is 18.2 Å². The standard InChI is InChI=1S/C20H24N2O4/c1-13-11-15(14-5-7-16(24-2)8-6-14)12-22(13)18-10-9-17(20(23)26-4)19(21-18)25-3/h5-10,13,15H,11-12H2,1-4H3. The Kier molecular flexibility index (Phi) is 5.30. The summed E-state index contributed by atoms with van der Waals surface area (Å²) in [6, 6.07) is 12.1. The second-order valence-electron chi connectivity index (χ2n) is 6.43. The van der Waals surface area contributed by atoms with Gasteiger partial charge >= 0.3 is 5.97 Å². The Labute approximate surface area is 153 Å². The number of benzene rings is 1. The van der Waals surface area contributed by atoms with Crippen molar-refractivity contribution in [3.63, 3.8) is 0 Å². The Bertz CT molecular complexity index is 776. The van der Waals surface area contributed by atoms with Crippen molar-refractivity contribution in [3.05, 3.63) is 47.5 Å². The number of carbonyl (C=O) groups is 1. The molecule has 2 unspecified atom stereocenters. The molecule has 0 aliphatic carbocycles. The van der Waals surface area contributed by atoms with E-state index in [4.69, 9.17) is 14.2 Å². The molecule has 0 saturated carbocycles. The fourth-order valence-electron chi connectivity index (χ4n) is 3.48. The van der Waals surface area contributed by atoms with Gasteiger partial charge in [0.2, 0.25) is 5.88 Å². The highest BCUT2D eigenvalue weighted by atomic mass is 16.5. The lowest BCUT2D eigenvalue weighted by atomic mass is 9.97. The normalized spacial score (nSPS) is 19.3. The molecular formula is C20H24N2O4.